The van der Waals surface area contributed by atoms with E-state index in [0.717, 1.165) is 11.4 Å². The summed E-state index contributed by atoms with van der Waals surface area (Å²) in [5.74, 6) is 5.93. The molecule has 1 heterocycles. The Morgan fingerprint density at radius 2 is 2.00 bits per heavy atom. The highest BCUT2D eigenvalue weighted by Gasteiger charge is 2.25. The molecule has 0 aliphatic heterocycles. The van der Waals surface area contributed by atoms with Gasteiger partial charge in [0, 0.05) is 18.0 Å². The molecular weight excluding hydrogens is 240 g/mol. The van der Waals surface area contributed by atoms with Gasteiger partial charge in [-0.15, -0.1) is 0 Å². The third-order valence-electron chi connectivity index (χ3n) is 3.04. The van der Waals surface area contributed by atoms with E-state index in [1.54, 1.807) is 6.20 Å². The van der Waals surface area contributed by atoms with Crippen LogP contribution in [0.25, 0.3) is 11.4 Å². The lowest BCUT2D eigenvalue weighted by atomic mass is 10.0. The van der Waals surface area contributed by atoms with Crippen molar-refractivity contribution in [3.8, 4) is 11.4 Å². The Hall–Kier alpha value is -2.14. The van der Waals surface area contributed by atoms with Gasteiger partial charge in [-0.25, -0.2) is 10.8 Å². The van der Waals surface area contributed by atoms with E-state index in [9.17, 15) is 4.79 Å². The summed E-state index contributed by atoms with van der Waals surface area (Å²) in [5.41, 5.74) is 3.20. The molecule has 19 heavy (non-hydrogen) atoms. The normalized spacial score (nSPS) is 12.4. The van der Waals surface area contributed by atoms with Gasteiger partial charge in [-0.1, -0.05) is 44.2 Å². The Kier molecular flexibility index (Phi) is 3.97. The van der Waals surface area contributed by atoms with E-state index in [1.807, 2.05) is 54.9 Å². The van der Waals surface area contributed by atoms with E-state index in [2.05, 4.69) is 10.4 Å². The third-order valence-corrected chi connectivity index (χ3v) is 3.04. The minimum absolute atomic E-state index is 0.111. The monoisotopic (exact) mass is 258 g/mol. The SMILES string of the molecule is CC(C)C(C(=O)NN)n1ccnc1-c1ccccc1. The van der Waals surface area contributed by atoms with E-state index in [4.69, 9.17) is 5.84 Å². The molecule has 3 N–H and O–H groups in total. The number of aromatic nitrogens is 2. The van der Waals surface area contributed by atoms with Crippen molar-refractivity contribution in [3.63, 3.8) is 0 Å². The zero-order valence-corrected chi connectivity index (χ0v) is 11.1. The van der Waals surface area contributed by atoms with Gasteiger partial charge in [0.25, 0.3) is 5.91 Å². The Morgan fingerprint density at radius 1 is 1.32 bits per heavy atom. The molecule has 0 bridgehead atoms. The topological polar surface area (TPSA) is 72.9 Å². The third kappa shape index (κ3) is 2.66. The van der Waals surface area contributed by atoms with Gasteiger partial charge in [-0.05, 0) is 5.92 Å². The fourth-order valence-corrected chi connectivity index (χ4v) is 2.18. The predicted octanol–water partition coefficient (Wildman–Crippen LogP) is 1.74. The summed E-state index contributed by atoms with van der Waals surface area (Å²) < 4.78 is 1.86. The number of nitrogens with one attached hydrogen (secondary N) is 1. The lowest BCUT2D eigenvalue weighted by molar-refractivity contribution is -0.125. The molecule has 1 amide bonds. The molecule has 2 aromatic rings. The molecule has 0 spiro atoms. The summed E-state index contributed by atoms with van der Waals surface area (Å²) in [6, 6.07) is 9.41. The van der Waals surface area contributed by atoms with Gasteiger partial charge in [-0.3, -0.25) is 10.2 Å². The molecule has 1 unspecified atom stereocenters. The van der Waals surface area contributed by atoms with Crippen LogP contribution in [0.3, 0.4) is 0 Å². The van der Waals surface area contributed by atoms with E-state index in [1.165, 1.54) is 0 Å². The molecular formula is C14H18N4O. The lowest BCUT2D eigenvalue weighted by Crippen LogP contribution is -2.39. The quantitative estimate of drug-likeness (QED) is 0.498. The molecule has 0 saturated carbocycles. The highest BCUT2D eigenvalue weighted by atomic mass is 16.2. The van der Waals surface area contributed by atoms with Crippen molar-refractivity contribution in [3.05, 3.63) is 42.7 Å². The summed E-state index contributed by atoms with van der Waals surface area (Å²) in [6.45, 7) is 3.96. The molecule has 5 nitrogen and oxygen atoms in total. The Balaban J connectivity index is 2.46. The summed E-state index contributed by atoms with van der Waals surface area (Å²) in [6.07, 6.45) is 3.50. The summed E-state index contributed by atoms with van der Waals surface area (Å²) >= 11 is 0. The maximum absolute atomic E-state index is 12.0. The maximum Gasteiger partial charge on any atom is 0.257 e. The first-order valence-electron chi connectivity index (χ1n) is 6.24. The average Bonchev–Trinajstić information content (AvgIpc) is 2.88. The van der Waals surface area contributed by atoms with Gasteiger partial charge in [0.15, 0.2) is 0 Å². The van der Waals surface area contributed by atoms with E-state index in [0.29, 0.717) is 0 Å². The van der Waals surface area contributed by atoms with Crippen LogP contribution >= 0.6 is 0 Å². The van der Waals surface area contributed by atoms with E-state index < -0.39 is 0 Å². The number of hydrazine groups is 1. The van der Waals surface area contributed by atoms with Crippen LogP contribution in [-0.2, 0) is 4.79 Å². The number of rotatable bonds is 4. The van der Waals surface area contributed by atoms with Crippen molar-refractivity contribution in [1.29, 1.82) is 0 Å². The van der Waals surface area contributed by atoms with Crippen LogP contribution < -0.4 is 11.3 Å². The molecule has 0 aliphatic rings. The van der Waals surface area contributed by atoms with Crippen LogP contribution in [0.2, 0.25) is 0 Å². The zero-order valence-electron chi connectivity index (χ0n) is 11.1. The highest BCUT2D eigenvalue weighted by Crippen LogP contribution is 2.25. The molecule has 2 rings (SSSR count). The summed E-state index contributed by atoms with van der Waals surface area (Å²) in [4.78, 5) is 16.3. The van der Waals surface area contributed by atoms with E-state index in [-0.39, 0.29) is 17.9 Å². The van der Waals surface area contributed by atoms with Gasteiger partial charge in [-0.2, -0.15) is 0 Å². The van der Waals surface area contributed by atoms with Gasteiger partial charge >= 0.3 is 0 Å². The first-order valence-corrected chi connectivity index (χ1v) is 6.24. The second-order valence-corrected chi connectivity index (χ2v) is 4.72. The number of hydrogen-bond donors (Lipinski definition) is 2. The molecule has 0 radical (unpaired) electrons. The first kappa shape index (κ1) is 13.3. The van der Waals surface area contributed by atoms with Crippen LogP contribution in [-0.4, -0.2) is 15.5 Å². The van der Waals surface area contributed by atoms with Crippen LogP contribution in [0.15, 0.2) is 42.7 Å². The van der Waals surface area contributed by atoms with Crippen molar-refractivity contribution < 1.29 is 4.79 Å². The molecule has 0 aliphatic carbocycles. The predicted molar refractivity (Wildman–Crippen MR) is 73.9 cm³/mol. The van der Waals surface area contributed by atoms with Crippen molar-refractivity contribution in [2.24, 2.45) is 11.8 Å². The van der Waals surface area contributed by atoms with Crippen LogP contribution in [0.5, 0.6) is 0 Å². The molecule has 5 heteroatoms. The van der Waals surface area contributed by atoms with Crippen LogP contribution in [0.4, 0.5) is 0 Å². The number of hydrogen-bond acceptors (Lipinski definition) is 3. The summed E-state index contributed by atoms with van der Waals surface area (Å²) in [7, 11) is 0. The zero-order chi connectivity index (χ0) is 13.8. The fourth-order valence-electron chi connectivity index (χ4n) is 2.18. The van der Waals surface area contributed by atoms with Gasteiger partial charge in [0.1, 0.15) is 11.9 Å². The Morgan fingerprint density at radius 3 is 2.58 bits per heavy atom. The number of nitrogens with two attached hydrogens (primary N) is 1. The molecule has 100 valence electrons. The number of benzene rings is 1. The number of carbonyl (C=O) groups is 1. The first-order chi connectivity index (χ1) is 9.15. The fraction of sp³-hybridized carbons (Fsp3) is 0.286. The molecule has 0 saturated heterocycles. The average molecular weight is 258 g/mol. The number of carbonyl (C=O) groups excluding carboxylic acids is 1. The van der Waals surface area contributed by atoms with E-state index >= 15 is 0 Å². The van der Waals surface area contributed by atoms with Crippen molar-refractivity contribution >= 4 is 5.91 Å². The minimum Gasteiger partial charge on any atom is -0.318 e. The number of imidazole rings is 1. The second-order valence-electron chi connectivity index (χ2n) is 4.72. The molecule has 1 aromatic carbocycles. The Bertz CT molecular complexity index is 548. The van der Waals surface area contributed by atoms with Crippen molar-refractivity contribution in [1.82, 2.24) is 15.0 Å². The number of amides is 1. The maximum atomic E-state index is 12.0. The highest BCUT2D eigenvalue weighted by molar-refractivity contribution is 5.80. The van der Waals surface area contributed by atoms with Crippen LogP contribution in [0, 0.1) is 5.92 Å². The van der Waals surface area contributed by atoms with Gasteiger partial charge in [0.2, 0.25) is 0 Å². The Labute approximate surface area is 112 Å². The van der Waals surface area contributed by atoms with Crippen molar-refractivity contribution in [2.45, 2.75) is 19.9 Å². The summed E-state index contributed by atoms with van der Waals surface area (Å²) in [5, 5.41) is 0. The van der Waals surface area contributed by atoms with Gasteiger partial charge in [0.05, 0.1) is 0 Å². The second kappa shape index (κ2) is 5.67. The largest absolute Gasteiger partial charge is 0.318 e. The molecule has 1 aromatic heterocycles. The van der Waals surface area contributed by atoms with Crippen molar-refractivity contribution in [2.75, 3.05) is 0 Å². The number of nitrogens with zero attached hydrogens (tertiary/aromatic N) is 2. The van der Waals surface area contributed by atoms with Crippen LogP contribution in [0.1, 0.15) is 19.9 Å². The smallest absolute Gasteiger partial charge is 0.257 e. The minimum atomic E-state index is -0.372. The lowest BCUT2D eigenvalue weighted by Gasteiger charge is -2.22. The molecule has 1 atom stereocenters. The van der Waals surface area contributed by atoms with Gasteiger partial charge < -0.3 is 4.57 Å². The molecule has 0 fully saturated rings. The standard InChI is InChI=1S/C14H18N4O/c1-10(2)12(14(19)17-15)18-9-8-16-13(18)11-6-4-3-5-7-11/h3-10,12H,15H2,1-2H3,(H,17,19).